The minimum Gasteiger partial charge on any atom is -0.480 e. The third-order valence-corrected chi connectivity index (χ3v) is 4.23. The van der Waals surface area contributed by atoms with E-state index in [1.165, 1.54) is 4.90 Å². The van der Waals surface area contributed by atoms with Gasteiger partial charge in [-0.15, -0.1) is 0 Å². The SMILES string of the molecule is O=C(O)[C@@H]1C[C@H](O)CN1C(=O)[C@@H]1Cc2ccccc2CN1. The number of β-amino-alcohol motifs (C(OH)–C–C–N with tert-alkyl or cyclic N) is 1. The van der Waals surface area contributed by atoms with Gasteiger partial charge in [0.25, 0.3) is 0 Å². The monoisotopic (exact) mass is 290 g/mol. The first-order valence-corrected chi connectivity index (χ1v) is 7.08. The molecule has 1 amide bonds. The fourth-order valence-electron chi connectivity index (χ4n) is 3.12. The maximum atomic E-state index is 12.6. The van der Waals surface area contributed by atoms with E-state index in [1.807, 2.05) is 24.3 Å². The molecule has 0 radical (unpaired) electrons. The van der Waals surface area contributed by atoms with E-state index in [2.05, 4.69) is 5.32 Å². The predicted octanol–water partition coefficient (Wildman–Crippen LogP) is -0.253. The van der Waals surface area contributed by atoms with Crippen LogP contribution < -0.4 is 5.32 Å². The first kappa shape index (κ1) is 14.0. The summed E-state index contributed by atoms with van der Waals surface area (Å²) in [5.74, 6) is -1.30. The molecule has 6 nitrogen and oxygen atoms in total. The van der Waals surface area contributed by atoms with Gasteiger partial charge in [-0.3, -0.25) is 4.79 Å². The summed E-state index contributed by atoms with van der Waals surface area (Å²) in [6, 6.07) is 6.55. The molecule has 0 aliphatic carbocycles. The number of amides is 1. The molecule has 0 spiro atoms. The van der Waals surface area contributed by atoms with Gasteiger partial charge in [-0.2, -0.15) is 0 Å². The van der Waals surface area contributed by atoms with E-state index in [0.717, 1.165) is 11.1 Å². The van der Waals surface area contributed by atoms with E-state index < -0.39 is 24.2 Å². The number of carboxylic acid groups (broad SMARTS) is 1. The molecule has 112 valence electrons. The van der Waals surface area contributed by atoms with Crippen LogP contribution in [0.25, 0.3) is 0 Å². The Morgan fingerprint density at radius 1 is 1.24 bits per heavy atom. The van der Waals surface area contributed by atoms with Crippen LogP contribution in [0.1, 0.15) is 17.5 Å². The fourth-order valence-corrected chi connectivity index (χ4v) is 3.12. The van der Waals surface area contributed by atoms with Gasteiger partial charge < -0.3 is 20.4 Å². The molecule has 0 aromatic heterocycles. The van der Waals surface area contributed by atoms with E-state index >= 15 is 0 Å². The third-order valence-electron chi connectivity index (χ3n) is 4.23. The molecule has 0 saturated carbocycles. The van der Waals surface area contributed by atoms with Crippen molar-refractivity contribution in [2.24, 2.45) is 0 Å². The number of hydrogen-bond acceptors (Lipinski definition) is 4. The zero-order valence-electron chi connectivity index (χ0n) is 11.5. The number of likely N-dealkylation sites (tertiary alicyclic amines) is 1. The topological polar surface area (TPSA) is 89.9 Å². The van der Waals surface area contributed by atoms with E-state index in [-0.39, 0.29) is 18.9 Å². The Balaban J connectivity index is 1.76. The van der Waals surface area contributed by atoms with Gasteiger partial charge in [-0.25, -0.2) is 4.79 Å². The lowest BCUT2D eigenvalue weighted by atomic mass is 9.95. The zero-order valence-corrected chi connectivity index (χ0v) is 11.5. The van der Waals surface area contributed by atoms with Crippen molar-refractivity contribution in [2.45, 2.75) is 37.6 Å². The first-order chi connectivity index (χ1) is 10.1. The summed E-state index contributed by atoms with van der Waals surface area (Å²) < 4.78 is 0. The number of nitrogens with zero attached hydrogens (tertiary/aromatic N) is 1. The molecule has 3 atom stereocenters. The second kappa shape index (κ2) is 5.46. The van der Waals surface area contributed by atoms with Crippen LogP contribution in [0, 0.1) is 0 Å². The van der Waals surface area contributed by atoms with Gasteiger partial charge in [0.2, 0.25) is 5.91 Å². The van der Waals surface area contributed by atoms with Crippen molar-refractivity contribution >= 4 is 11.9 Å². The average Bonchev–Trinajstić information content (AvgIpc) is 2.88. The van der Waals surface area contributed by atoms with Crippen LogP contribution in [-0.2, 0) is 22.6 Å². The summed E-state index contributed by atoms with van der Waals surface area (Å²) in [5.41, 5.74) is 2.28. The molecule has 2 aliphatic rings. The predicted molar refractivity (Wildman–Crippen MR) is 74.5 cm³/mol. The number of rotatable bonds is 2. The highest BCUT2D eigenvalue weighted by Crippen LogP contribution is 2.22. The lowest BCUT2D eigenvalue weighted by molar-refractivity contribution is -0.149. The molecule has 1 aromatic rings. The van der Waals surface area contributed by atoms with Gasteiger partial charge in [0.1, 0.15) is 6.04 Å². The maximum Gasteiger partial charge on any atom is 0.326 e. The minimum absolute atomic E-state index is 0.0929. The number of hydrogen-bond donors (Lipinski definition) is 3. The number of aliphatic hydroxyl groups is 1. The largest absolute Gasteiger partial charge is 0.480 e. The number of carbonyl (C=O) groups is 2. The fraction of sp³-hybridized carbons (Fsp3) is 0.467. The molecule has 1 fully saturated rings. The van der Waals surface area contributed by atoms with Crippen molar-refractivity contribution in [2.75, 3.05) is 6.54 Å². The zero-order chi connectivity index (χ0) is 15.0. The minimum atomic E-state index is -1.06. The number of benzene rings is 1. The Bertz CT molecular complexity index is 575. The second-order valence-electron chi connectivity index (χ2n) is 5.64. The number of carbonyl (C=O) groups excluding carboxylic acids is 1. The molecular weight excluding hydrogens is 272 g/mol. The summed E-state index contributed by atoms with van der Waals surface area (Å²) in [4.78, 5) is 25.1. The van der Waals surface area contributed by atoms with Crippen molar-refractivity contribution in [1.29, 1.82) is 0 Å². The Morgan fingerprint density at radius 2 is 1.95 bits per heavy atom. The molecule has 2 heterocycles. The van der Waals surface area contributed by atoms with Gasteiger partial charge in [0, 0.05) is 19.5 Å². The summed E-state index contributed by atoms with van der Waals surface area (Å²) >= 11 is 0. The smallest absolute Gasteiger partial charge is 0.326 e. The number of carboxylic acids is 1. The van der Waals surface area contributed by atoms with Crippen molar-refractivity contribution < 1.29 is 19.8 Å². The molecule has 0 unspecified atom stereocenters. The number of nitrogens with one attached hydrogen (secondary N) is 1. The summed E-state index contributed by atoms with van der Waals surface area (Å²) in [5, 5.41) is 22.0. The summed E-state index contributed by atoms with van der Waals surface area (Å²) in [6.07, 6.45) is -0.107. The Hall–Kier alpha value is -1.92. The van der Waals surface area contributed by atoms with Crippen LogP contribution in [0.15, 0.2) is 24.3 Å². The first-order valence-electron chi connectivity index (χ1n) is 7.08. The summed E-state index contributed by atoms with van der Waals surface area (Å²) in [6.45, 7) is 0.691. The normalized spacial score (nSPS) is 28.2. The molecule has 2 aliphatic heterocycles. The van der Waals surface area contributed by atoms with Crippen LogP contribution in [0.4, 0.5) is 0 Å². The third kappa shape index (κ3) is 2.64. The van der Waals surface area contributed by atoms with E-state index in [4.69, 9.17) is 0 Å². The Morgan fingerprint density at radius 3 is 2.67 bits per heavy atom. The molecule has 0 bridgehead atoms. The lowest BCUT2D eigenvalue weighted by Gasteiger charge is -2.30. The number of fused-ring (bicyclic) bond motifs is 1. The van der Waals surface area contributed by atoms with Crippen molar-refractivity contribution in [3.05, 3.63) is 35.4 Å². The van der Waals surface area contributed by atoms with E-state index in [0.29, 0.717) is 13.0 Å². The van der Waals surface area contributed by atoms with Crippen LogP contribution in [0.2, 0.25) is 0 Å². The van der Waals surface area contributed by atoms with Gasteiger partial charge in [0.15, 0.2) is 0 Å². The van der Waals surface area contributed by atoms with Gasteiger partial charge in [-0.1, -0.05) is 24.3 Å². The number of aliphatic hydroxyl groups excluding tert-OH is 1. The maximum absolute atomic E-state index is 12.6. The Labute approximate surface area is 122 Å². The van der Waals surface area contributed by atoms with Crippen molar-refractivity contribution in [3.63, 3.8) is 0 Å². The van der Waals surface area contributed by atoms with E-state index in [1.54, 1.807) is 0 Å². The highest BCUT2D eigenvalue weighted by atomic mass is 16.4. The molecule has 3 N–H and O–H groups in total. The average molecular weight is 290 g/mol. The van der Waals surface area contributed by atoms with E-state index in [9.17, 15) is 19.8 Å². The standard InChI is InChI=1S/C15H18N2O4/c18-11-6-13(15(20)21)17(8-11)14(19)12-5-9-3-1-2-4-10(9)7-16-12/h1-4,11-13,16,18H,5-8H2,(H,20,21)/t11-,12-,13-/m0/s1. The van der Waals surface area contributed by atoms with Crippen molar-refractivity contribution in [3.8, 4) is 0 Å². The van der Waals surface area contributed by atoms with Crippen LogP contribution >= 0.6 is 0 Å². The molecule has 1 aromatic carbocycles. The molecular formula is C15H18N2O4. The molecule has 3 rings (SSSR count). The van der Waals surface area contributed by atoms with Gasteiger partial charge >= 0.3 is 5.97 Å². The van der Waals surface area contributed by atoms with Crippen LogP contribution in [-0.4, -0.2) is 51.7 Å². The number of aliphatic carboxylic acids is 1. The van der Waals surface area contributed by atoms with Gasteiger partial charge in [-0.05, 0) is 17.5 Å². The highest BCUT2D eigenvalue weighted by Gasteiger charge is 2.41. The van der Waals surface area contributed by atoms with Crippen LogP contribution in [0.5, 0.6) is 0 Å². The quantitative estimate of drug-likeness (QED) is 0.699. The van der Waals surface area contributed by atoms with Crippen LogP contribution in [0.3, 0.4) is 0 Å². The summed E-state index contributed by atoms with van der Waals surface area (Å²) in [7, 11) is 0. The molecule has 6 heteroatoms. The molecule has 21 heavy (non-hydrogen) atoms. The highest BCUT2D eigenvalue weighted by molar-refractivity contribution is 5.88. The van der Waals surface area contributed by atoms with Gasteiger partial charge in [0.05, 0.1) is 12.1 Å². The second-order valence-corrected chi connectivity index (χ2v) is 5.64. The lowest BCUT2D eigenvalue weighted by Crippen LogP contribution is -2.52. The Kier molecular flexibility index (Phi) is 3.65. The molecule has 1 saturated heterocycles. The van der Waals surface area contributed by atoms with Crippen molar-refractivity contribution in [1.82, 2.24) is 10.2 Å².